The third-order valence-electron chi connectivity index (χ3n) is 5.13. The number of carbonyl (C=O) groups excluding carboxylic acids is 1. The quantitative estimate of drug-likeness (QED) is 0.462. The molecule has 0 bridgehead atoms. The summed E-state index contributed by atoms with van der Waals surface area (Å²) in [5.74, 6) is -0.0371. The molecule has 0 saturated heterocycles. The number of rotatable bonds is 10. The summed E-state index contributed by atoms with van der Waals surface area (Å²) in [5, 5.41) is 14.3. The molecule has 3 rings (SSSR count). The Morgan fingerprint density at radius 3 is 2.48 bits per heavy atom. The van der Waals surface area contributed by atoms with Crippen LogP contribution in [0.15, 0.2) is 47.8 Å². The van der Waals surface area contributed by atoms with Crippen LogP contribution in [0.5, 0.6) is 11.5 Å². The first kappa shape index (κ1) is 24.1. The molecule has 0 aliphatic rings. The van der Waals surface area contributed by atoms with E-state index in [1.54, 1.807) is 37.7 Å². The van der Waals surface area contributed by atoms with E-state index in [0.717, 1.165) is 40.0 Å². The Morgan fingerprint density at radius 2 is 1.88 bits per heavy atom. The van der Waals surface area contributed by atoms with E-state index in [9.17, 15) is 9.59 Å². The average Bonchev–Trinajstić information content (AvgIpc) is 3.32. The van der Waals surface area contributed by atoms with Gasteiger partial charge in [-0.3, -0.25) is 9.59 Å². The fourth-order valence-corrected chi connectivity index (χ4v) is 4.08. The van der Waals surface area contributed by atoms with E-state index in [1.807, 2.05) is 35.7 Å². The van der Waals surface area contributed by atoms with Gasteiger partial charge in [0.15, 0.2) is 5.13 Å². The van der Waals surface area contributed by atoms with Crippen molar-refractivity contribution in [3.8, 4) is 22.8 Å². The number of nitrogens with one attached hydrogen (secondary N) is 1. The van der Waals surface area contributed by atoms with Crippen molar-refractivity contribution in [3.05, 3.63) is 59.0 Å². The number of hydrogen-bond donors (Lipinski definition) is 2. The Labute approximate surface area is 196 Å². The number of carboxylic acid groups (broad SMARTS) is 1. The number of ether oxygens (including phenoxy) is 2. The average molecular weight is 470 g/mol. The van der Waals surface area contributed by atoms with Crippen LogP contribution >= 0.6 is 11.3 Å². The number of methoxy groups -OCH3 is 2. The highest BCUT2D eigenvalue weighted by atomic mass is 32.1. The summed E-state index contributed by atoms with van der Waals surface area (Å²) in [6, 6.07) is 11.8. The van der Waals surface area contributed by atoms with E-state index in [-0.39, 0.29) is 0 Å². The lowest BCUT2D eigenvalue weighted by Gasteiger charge is -2.20. The third kappa shape index (κ3) is 5.81. The Morgan fingerprint density at radius 1 is 1.15 bits per heavy atom. The van der Waals surface area contributed by atoms with Crippen LogP contribution in [0.1, 0.15) is 29.8 Å². The highest BCUT2D eigenvalue weighted by molar-refractivity contribution is 7.14. The van der Waals surface area contributed by atoms with Gasteiger partial charge in [0.2, 0.25) is 0 Å². The van der Waals surface area contributed by atoms with Crippen LogP contribution in [-0.2, 0) is 11.3 Å². The zero-order chi connectivity index (χ0) is 24.0. The zero-order valence-corrected chi connectivity index (χ0v) is 19.8. The number of anilines is 1. The molecule has 2 N–H and O–H groups in total. The van der Waals surface area contributed by atoms with E-state index in [1.165, 1.54) is 6.92 Å². The zero-order valence-electron chi connectivity index (χ0n) is 19.0. The number of amides is 1. The van der Waals surface area contributed by atoms with Gasteiger partial charge < -0.3 is 24.8 Å². The Kier molecular flexibility index (Phi) is 7.89. The van der Waals surface area contributed by atoms with Crippen molar-refractivity contribution in [2.75, 3.05) is 25.7 Å². The summed E-state index contributed by atoms with van der Waals surface area (Å²) in [4.78, 5) is 30.1. The fourth-order valence-electron chi connectivity index (χ4n) is 3.19. The molecule has 2 aromatic carbocycles. The number of aromatic nitrogens is 1. The molecule has 0 radical (unpaired) electrons. The minimum absolute atomic E-state index is 0.413. The van der Waals surface area contributed by atoms with Gasteiger partial charge in [-0.05, 0) is 49.7 Å². The van der Waals surface area contributed by atoms with Crippen LogP contribution in [-0.4, -0.2) is 48.8 Å². The van der Waals surface area contributed by atoms with Crippen molar-refractivity contribution in [1.29, 1.82) is 0 Å². The molecule has 3 aromatic rings. The molecule has 1 unspecified atom stereocenters. The minimum Gasteiger partial charge on any atom is -0.497 e. The maximum Gasteiger partial charge on any atom is 0.325 e. The van der Waals surface area contributed by atoms with Gasteiger partial charge in [0, 0.05) is 29.6 Å². The summed E-state index contributed by atoms with van der Waals surface area (Å²) in [7, 11) is 3.25. The first-order valence-corrected chi connectivity index (χ1v) is 11.3. The van der Waals surface area contributed by atoms with Crippen molar-refractivity contribution in [2.24, 2.45) is 0 Å². The summed E-state index contributed by atoms with van der Waals surface area (Å²) in [5.41, 5.74) is 3.09. The van der Waals surface area contributed by atoms with Crippen molar-refractivity contribution < 1.29 is 24.2 Å². The molecule has 1 heterocycles. The number of nitrogens with zero attached hydrogens (tertiary/aromatic N) is 2. The maximum absolute atomic E-state index is 12.2. The van der Waals surface area contributed by atoms with Gasteiger partial charge in [-0.2, -0.15) is 0 Å². The van der Waals surface area contributed by atoms with Crippen molar-refractivity contribution in [2.45, 2.75) is 26.4 Å². The van der Waals surface area contributed by atoms with Crippen LogP contribution in [0.25, 0.3) is 11.3 Å². The molecule has 1 amide bonds. The van der Waals surface area contributed by atoms with E-state index in [0.29, 0.717) is 12.1 Å². The molecule has 174 valence electrons. The predicted octanol–water partition coefficient (Wildman–Crippen LogP) is 4.06. The maximum atomic E-state index is 12.2. The van der Waals surface area contributed by atoms with Crippen molar-refractivity contribution >= 4 is 28.3 Å². The van der Waals surface area contributed by atoms with Gasteiger partial charge in [-0.25, -0.2) is 4.98 Å². The van der Waals surface area contributed by atoms with Crippen LogP contribution in [0.2, 0.25) is 0 Å². The van der Waals surface area contributed by atoms with Crippen LogP contribution < -0.4 is 19.7 Å². The Hall–Kier alpha value is -3.59. The highest BCUT2D eigenvalue weighted by Gasteiger charge is 2.17. The molecule has 0 aliphatic carbocycles. The summed E-state index contributed by atoms with van der Waals surface area (Å²) >= 11 is 1.55. The van der Waals surface area contributed by atoms with Gasteiger partial charge in [0.05, 0.1) is 19.9 Å². The largest absolute Gasteiger partial charge is 0.497 e. The second-order valence-corrected chi connectivity index (χ2v) is 8.16. The third-order valence-corrected chi connectivity index (χ3v) is 6.04. The predicted molar refractivity (Wildman–Crippen MR) is 128 cm³/mol. The number of aliphatic carboxylic acids is 1. The van der Waals surface area contributed by atoms with Gasteiger partial charge in [0.1, 0.15) is 17.5 Å². The number of carbonyl (C=O) groups is 2. The van der Waals surface area contributed by atoms with E-state index < -0.39 is 17.9 Å². The fraction of sp³-hybridized carbons (Fsp3) is 0.292. The SMILES string of the molecule is CCN(Cc1ccc(C(=O)NC(C)C(=O)O)cc1)c1nc(-c2cc(OC)ccc2OC)cs1. The second kappa shape index (κ2) is 10.8. The number of hydrogen-bond acceptors (Lipinski definition) is 7. The molecule has 0 aliphatic heterocycles. The lowest BCUT2D eigenvalue weighted by atomic mass is 10.1. The molecule has 33 heavy (non-hydrogen) atoms. The number of benzene rings is 2. The Balaban J connectivity index is 1.74. The van der Waals surface area contributed by atoms with Gasteiger partial charge in [-0.1, -0.05) is 12.1 Å². The molecule has 1 atom stereocenters. The van der Waals surface area contributed by atoms with Crippen LogP contribution in [0.4, 0.5) is 5.13 Å². The van der Waals surface area contributed by atoms with Gasteiger partial charge >= 0.3 is 5.97 Å². The monoisotopic (exact) mass is 469 g/mol. The molecule has 0 spiro atoms. The molecule has 0 fully saturated rings. The molecule has 9 heteroatoms. The normalized spacial score (nSPS) is 11.5. The van der Waals surface area contributed by atoms with Gasteiger partial charge in [0.25, 0.3) is 5.91 Å². The van der Waals surface area contributed by atoms with Crippen molar-refractivity contribution in [3.63, 3.8) is 0 Å². The van der Waals surface area contributed by atoms with Crippen LogP contribution in [0.3, 0.4) is 0 Å². The molecular formula is C24H27N3O5S. The number of thiazole rings is 1. The van der Waals surface area contributed by atoms with Gasteiger partial charge in [-0.15, -0.1) is 11.3 Å². The molecule has 1 aromatic heterocycles. The van der Waals surface area contributed by atoms with E-state index in [2.05, 4.69) is 17.1 Å². The summed E-state index contributed by atoms with van der Waals surface area (Å²) in [6.45, 7) is 4.85. The Bertz CT molecular complexity index is 1110. The standard InChI is InChI=1S/C24H27N3O5S/c1-5-27(13-16-6-8-17(9-7-16)22(28)25-15(2)23(29)30)24-26-20(14-33-24)19-12-18(31-3)10-11-21(19)32-4/h6-12,14-15H,5,13H2,1-4H3,(H,25,28)(H,29,30). The lowest BCUT2D eigenvalue weighted by molar-refractivity contribution is -0.138. The molecular weight excluding hydrogens is 442 g/mol. The molecule has 0 saturated carbocycles. The van der Waals surface area contributed by atoms with E-state index in [4.69, 9.17) is 19.6 Å². The second-order valence-electron chi connectivity index (χ2n) is 7.33. The van der Waals surface area contributed by atoms with Crippen LogP contribution in [0, 0.1) is 0 Å². The lowest BCUT2D eigenvalue weighted by Crippen LogP contribution is -2.38. The first-order valence-electron chi connectivity index (χ1n) is 10.4. The van der Waals surface area contributed by atoms with E-state index >= 15 is 0 Å². The van der Waals surface area contributed by atoms with Crippen molar-refractivity contribution in [1.82, 2.24) is 10.3 Å². The smallest absolute Gasteiger partial charge is 0.325 e. The first-order chi connectivity index (χ1) is 15.9. The summed E-state index contributed by atoms with van der Waals surface area (Å²) in [6.07, 6.45) is 0. The summed E-state index contributed by atoms with van der Waals surface area (Å²) < 4.78 is 10.8. The molecule has 8 nitrogen and oxygen atoms in total. The number of carboxylic acids is 1. The topological polar surface area (TPSA) is 101 Å². The highest BCUT2D eigenvalue weighted by Crippen LogP contribution is 2.36. The minimum atomic E-state index is -1.08.